The van der Waals surface area contributed by atoms with Crippen LogP contribution in [-0.2, 0) is 0 Å². The molecular weight excluding hydrogens is 186 g/mol. The fourth-order valence-corrected chi connectivity index (χ4v) is 1.98. The molecule has 1 aliphatic rings. The summed E-state index contributed by atoms with van der Waals surface area (Å²) in [6.45, 7) is 6.61. The minimum Gasteiger partial charge on any atom is -0.356 e. The summed E-state index contributed by atoms with van der Waals surface area (Å²) in [4.78, 5) is 6.57. The molecule has 1 fully saturated rings. The molecule has 2 rings (SSSR count). The van der Waals surface area contributed by atoms with Crippen molar-refractivity contribution in [1.82, 2.24) is 4.98 Å². The molecule has 0 radical (unpaired) electrons. The maximum absolute atomic E-state index is 8.78. The predicted molar refractivity (Wildman–Crippen MR) is 59.5 cm³/mol. The summed E-state index contributed by atoms with van der Waals surface area (Å²) >= 11 is 0. The fraction of sp³-hybridized carbons (Fsp3) is 0.500. The Hall–Kier alpha value is -1.56. The molecule has 2 unspecified atom stereocenters. The van der Waals surface area contributed by atoms with Crippen LogP contribution in [0.3, 0.4) is 0 Å². The lowest BCUT2D eigenvalue weighted by atomic mass is 10.0. The van der Waals surface area contributed by atoms with Crippen LogP contribution in [-0.4, -0.2) is 18.1 Å². The first-order valence-electron chi connectivity index (χ1n) is 5.33. The molecular formula is C12H15N3. The van der Waals surface area contributed by atoms with Crippen molar-refractivity contribution < 1.29 is 0 Å². The smallest absolute Gasteiger partial charge is 0.142 e. The van der Waals surface area contributed by atoms with Gasteiger partial charge in [0, 0.05) is 13.1 Å². The highest BCUT2D eigenvalue weighted by molar-refractivity contribution is 5.42. The third-order valence-electron chi connectivity index (χ3n) is 3.16. The summed E-state index contributed by atoms with van der Waals surface area (Å²) in [5.74, 6) is 2.35. The molecule has 2 heterocycles. The lowest BCUT2D eigenvalue weighted by Gasteiger charge is -2.16. The van der Waals surface area contributed by atoms with Crippen molar-refractivity contribution in [2.45, 2.75) is 13.8 Å². The zero-order valence-electron chi connectivity index (χ0n) is 9.14. The number of rotatable bonds is 1. The van der Waals surface area contributed by atoms with E-state index in [0.717, 1.165) is 18.9 Å². The van der Waals surface area contributed by atoms with E-state index in [1.54, 1.807) is 6.07 Å². The standard InChI is InChI=1S/C12H15N3/c1-9-7-15(8-10(9)2)12-5-3-4-11(6-13)14-12/h3-5,9-10H,7-8H2,1-2H3. The van der Waals surface area contributed by atoms with Crippen LogP contribution in [0.2, 0.25) is 0 Å². The Morgan fingerprint density at radius 3 is 2.60 bits per heavy atom. The van der Waals surface area contributed by atoms with E-state index in [4.69, 9.17) is 5.26 Å². The Balaban J connectivity index is 2.21. The maximum Gasteiger partial charge on any atom is 0.142 e. The highest BCUT2D eigenvalue weighted by atomic mass is 15.2. The molecule has 15 heavy (non-hydrogen) atoms. The van der Waals surface area contributed by atoms with Crippen molar-refractivity contribution in [3.05, 3.63) is 23.9 Å². The molecule has 1 aliphatic heterocycles. The molecule has 3 nitrogen and oxygen atoms in total. The van der Waals surface area contributed by atoms with Crippen LogP contribution in [0.4, 0.5) is 5.82 Å². The van der Waals surface area contributed by atoms with Crippen molar-refractivity contribution >= 4 is 5.82 Å². The zero-order valence-corrected chi connectivity index (χ0v) is 9.14. The lowest BCUT2D eigenvalue weighted by Crippen LogP contribution is -2.20. The van der Waals surface area contributed by atoms with E-state index in [2.05, 4.69) is 29.8 Å². The molecule has 3 heteroatoms. The number of hydrogen-bond donors (Lipinski definition) is 0. The molecule has 0 amide bonds. The molecule has 1 aromatic rings. The number of anilines is 1. The third-order valence-corrected chi connectivity index (χ3v) is 3.16. The topological polar surface area (TPSA) is 39.9 Å². The monoisotopic (exact) mass is 201 g/mol. The van der Waals surface area contributed by atoms with Gasteiger partial charge in [-0.15, -0.1) is 0 Å². The number of nitrogens with zero attached hydrogens (tertiary/aromatic N) is 3. The van der Waals surface area contributed by atoms with Crippen LogP contribution < -0.4 is 4.90 Å². The van der Waals surface area contributed by atoms with Gasteiger partial charge in [0.25, 0.3) is 0 Å². The van der Waals surface area contributed by atoms with Crippen LogP contribution in [0.15, 0.2) is 18.2 Å². The fourth-order valence-electron chi connectivity index (χ4n) is 1.98. The minimum atomic E-state index is 0.500. The summed E-state index contributed by atoms with van der Waals surface area (Å²) in [5.41, 5.74) is 0.500. The highest BCUT2D eigenvalue weighted by Gasteiger charge is 2.26. The first kappa shape index (κ1) is 9.97. The third kappa shape index (κ3) is 1.94. The quantitative estimate of drug-likeness (QED) is 0.698. The SMILES string of the molecule is CC1CN(c2cccc(C#N)n2)CC1C. The molecule has 0 N–H and O–H groups in total. The van der Waals surface area contributed by atoms with Gasteiger partial charge in [-0.3, -0.25) is 0 Å². The average molecular weight is 201 g/mol. The largest absolute Gasteiger partial charge is 0.356 e. The number of aromatic nitrogens is 1. The summed E-state index contributed by atoms with van der Waals surface area (Å²) < 4.78 is 0. The number of pyridine rings is 1. The number of nitriles is 1. The van der Waals surface area contributed by atoms with E-state index in [-0.39, 0.29) is 0 Å². The minimum absolute atomic E-state index is 0.500. The molecule has 1 aromatic heterocycles. The van der Waals surface area contributed by atoms with Crippen molar-refractivity contribution in [2.24, 2.45) is 11.8 Å². The summed E-state index contributed by atoms with van der Waals surface area (Å²) in [6.07, 6.45) is 0. The van der Waals surface area contributed by atoms with E-state index in [9.17, 15) is 0 Å². The molecule has 0 saturated carbocycles. The van der Waals surface area contributed by atoms with Crippen molar-refractivity contribution in [3.63, 3.8) is 0 Å². The van der Waals surface area contributed by atoms with Gasteiger partial charge in [-0.05, 0) is 24.0 Å². The molecule has 0 aromatic carbocycles. The van der Waals surface area contributed by atoms with E-state index < -0.39 is 0 Å². The van der Waals surface area contributed by atoms with Crippen molar-refractivity contribution in [2.75, 3.05) is 18.0 Å². The van der Waals surface area contributed by atoms with Crippen LogP contribution >= 0.6 is 0 Å². The first-order valence-corrected chi connectivity index (χ1v) is 5.33. The first-order chi connectivity index (χ1) is 7.20. The van der Waals surface area contributed by atoms with Crippen molar-refractivity contribution in [1.29, 1.82) is 5.26 Å². The van der Waals surface area contributed by atoms with Gasteiger partial charge in [-0.2, -0.15) is 5.26 Å². The van der Waals surface area contributed by atoms with Crippen LogP contribution in [0.25, 0.3) is 0 Å². The Morgan fingerprint density at radius 1 is 1.33 bits per heavy atom. The van der Waals surface area contributed by atoms with E-state index >= 15 is 0 Å². The van der Waals surface area contributed by atoms with Gasteiger partial charge in [-0.25, -0.2) is 4.98 Å². The molecule has 0 aliphatic carbocycles. The summed E-state index contributed by atoms with van der Waals surface area (Å²) in [6, 6.07) is 7.69. The summed E-state index contributed by atoms with van der Waals surface area (Å²) in [5, 5.41) is 8.78. The van der Waals surface area contributed by atoms with Crippen LogP contribution in [0.1, 0.15) is 19.5 Å². The van der Waals surface area contributed by atoms with E-state index in [1.165, 1.54) is 0 Å². The van der Waals surface area contributed by atoms with E-state index in [0.29, 0.717) is 17.5 Å². The predicted octanol–water partition coefficient (Wildman–Crippen LogP) is 2.05. The Morgan fingerprint density at radius 2 is 2.00 bits per heavy atom. The second-order valence-electron chi connectivity index (χ2n) is 4.35. The number of hydrogen-bond acceptors (Lipinski definition) is 3. The molecule has 0 spiro atoms. The van der Waals surface area contributed by atoms with Gasteiger partial charge in [0.05, 0.1) is 0 Å². The summed E-state index contributed by atoms with van der Waals surface area (Å²) in [7, 11) is 0. The maximum atomic E-state index is 8.78. The normalized spacial score (nSPS) is 25.3. The molecule has 78 valence electrons. The Labute approximate surface area is 90.4 Å². The van der Waals surface area contributed by atoms with Gasteiger partial charge in [0.15, 0.2) is 0 Å². The van der Waals surface area contributed by atoms with Gasteiger partial charge >= 0.3 is 0 Å². The highest BCUT2D eigenvalue weighted by Crippen LogP contribution is 2.26. The van der Waals surface area contributed by atoms with E-state index in [1.807, 2.05) is 12.1 Å². The Bertz CT molecular complexity index is 384. The Kier molecular flexibility index (Phi) is 2.59. The van der Waals surface area contributed by atoms with Crippen molar-refractivity contribution in [3.8, 4) is 6.07 Å². The molecule has 0 bridgehead atoms. The van der Waals surface area contributed by atoms with Gasteiger partial charge in [-0.1, -0.05) is 19.9 Å². The molecule has 2 atom stereocenters. The molecule has 1 saturated heterocycles. The lowest BCUT2D eigenvalue weighted by molar-refractivity contribution is 0.494. The van der Waals surface area contributed by atoms with Crippen LogP contribution in [0.5, 0.6) is 0 Å². The van der Waals surface area contributed by atoms with Gasteiger partial charge in [0.1, 0.15) is 17.6 Å². The van der Waals surface area contributed by atoms with Crippen LogP contribution in [0, 0.1) is 23.2 Å². The average Bonchev–Trinajstić information content (AvgIpc) is 2.59. The second kappa shape index (κ2) is 3.90. The van der Waals surface area contributed by atoms with Gasteiger partial charge in [0.2, 0.25) is 0 Å². The second-order valence-corrected chi connectivity index (χ2v) is 4.35. The van der Waals surface area contributed by atoms with Gasteiger partial charge < -0.3 is 4.90 Å². The zero-order chi connectivity index (χ0) is 10.8.